The molecular formula is C29H28F6N6O3S2. The number of hydrogen-bond acceptors (Lipinski definition) is 9. The van der Waals surface area contributed by atoms with Crippen molar-refractivity contribution in [3.05, 3.63) is 63.8 Å². The van der Waals surface area contributed by atoms with Crippen molar-refractivity contribution in [3.63, 3.8) is 0 Å². The number of hydrogen-bond donors (Lipinski definition) is 1. The third-order valence-corrected chi connectivity index (χ3v) is 8.66. The predicted octanol–water partition coefficient (Wildman–Crippen LogP) is 5.84. The average Bonchev–Trinajstić information content (AvgIpc) is 3.63. The molecule has 46 heavy (non-hydrogen) atoms. The summed E-state index contributed by atoms with van der Waals surface area (Å²) in [5.41, 5.74) is -2.75. The summed E-state index contributed by atoms with van der Waals surface area (Å²) in [6, 6.07) is 5.71. The molecule has 2 aliphatic rings. The topological polar surface area (TPSA) is 96.5 Å². The number of H-pyrrole nitrogens is 1. The van der Waals surface area contributed by atoms with Crippen molar-refractivity contribution in [2.45, 2.75) is 31.6 Å². The lowest BCUT2D eigenvalue weighted by Gasteiger charge is -2.26. The fraction of sp³-hybridized carbons (Fsp3) is 0.414. The van der Waals surface area contributed by atoms with Crippen molar-refractivity contribution in [2.24, 2.45) is 0 Å². The first kappa shape index (κ1) is 33.8. The number of benzene rings is 2. The van der Waals surface area contributed by atoms with E-state index in [1.54, 1.807) is 0 Å². The Kier molecular flexibility index (Phi) is 10.6. The normalized spacial score (nSPS) is 17.3. The molecule has 0 atom stereocenters. The third kappa shape index (κ3) is 8.63. The molecule has 246 valence electrons. The van der Waals surface area contributed by atoms with Gasteiger partial charge in [-0.05, 0) is 60.4 Å². The zero-order chi connectivity index (χ0) is 32.9. The lowest BCUT2D eigenvalue weighted by atomic mass is 9.97. The first-order valence-electron chi connectivity index (χ1n) is 14.2. The first-order valence-corrected chi connectivity index (χ1v) is 15.5. The number of thiocarbonyl (C=S) groups is 1. The number of nitrogens with zero attached hydrogens (tertiary/aromatic N) is 5. The van der Waals surface area contributed by atoms with Crippen LogP contribution in [-0.2, 0) is 28.3 Å². The standard InChI is InChI=1S/C29H28F6N6O3S2/c30-28(31,32)21-14-19(15-22(17-21)29(33,34)35)18-4-5-23(44-12-9-40-7-10-43-11-8-40)20(13-18)16-24-26(42)41(27(45)46-24)6-2-1-3-25-36-38-39-37-25/h4-5,13-17H,1-3,6-12H2,(H,36,37,38,39). The molecule has 3 heterocycles. The Hall–Kier alpha value is -3.54. The van der Waals surface area contributed by atoms with Gasteiger partial charge in [-0.3, -0.25) is 14.6 Å². The van der Waals surface area contributed by atoms with Crippen molar-refractivity contribution >= 4 is 40.3 Å². The molecular weight excluding hydrogens is 658 g/mol. The highest BCUT2D eigenvalue weighted by atomic mass is 32.2. The Morgan fingerprint density at radius 1 is 0.978 bits per heavy atom. The molecule has 0 unspecified atom stereocenters. The Morgan fingerprint density at radius 3 is 2.35 bits per heavy atom. The maximum absolute atomic E-state index is 13.6. The number of nitrogens with one attached hydrogen (secondary N) is 1. The molecule has 0 saturated carbocycles. The van der Waals surface area contributed by atoms with E-state index >= 15 is 0 Å². The minimum Gasteiger partial charge on any atom is -0.492 e. The molecule has 17 heteroatoms. The number of ether oxygens (including phenoxy) is 2. The predicted molar refractivity (Wildman–Crippen MR) is 162 cm³/mol. The maximum Gasteiger partial charge on any atom is 0.416 e. The van der Waals surface area contributed by atoms with Gasteiger partial charge in [-0.1, -0.05) is 35.3 Å². The molecule has 9 nitrogen and oxygen atoms in total. The highest BCUT2D eigenvalue weighted by molar-refractivity contribution is 8.26. The molecule has 0 bridgehead atoms. The molecule has 2 fully saturated rings. The van der Waals surface area contributed by atoms with E-state index in [0.29, 0.717) is 79.2 Å². The van der Waals surface area contributed by atoms with Gasteiger partial charge in [0.25, 0.3) is 5.91 Å². The summed E-state index contributed by atoms with van der Waals surface area (Å²) >= 11 is 6.50. The van der Waals surface area contributed by atoms with Crippen molar-refractivity contribution in [2.75, 3.05) is 46.0 Å². The summed E-state index contributed by atoms with van der Waals surface area (Å²) < 4.78 is 93.2. The molecule has 1 amide bonds. The van der Waals surface area contributed by atoms with Crippen LogP contribution < -0.4 is 4.74 Å². The van der Waals surface area contributed by atoms with Gasteiger partial charge in [0.2, 0.25) is 0 Å². The number of halogens is 6. The van der Waals surface area contributed by atoms with Crippen LogP contribution in [-0.4, -0.2) is 86.7 Å². The van der Waals surface area contributed by atoms with Crippen LogP contribution in [0.3, 0.4) is 0 Å². The summed E-state index contributed by atoms with van der Waals surface area (Å²) in [4.78, 5) is 17.2. The Labute approximate surface area is 269 Å². The summed E-state index contributed by atoms with van der Waals surface area (Å²) in [7, 11) is 0. The molecule has 5 rings (SSSR count). The fourth-order valence-corrected chi connectivity index (χ4v) is 6.18. The number of aryl methyl sites for hydroxylation is 1. The van der Waals surface area contributed by atoms with Gasteiger partial charge in [0, 0.05) is 38.2 Å². The number of thioether (sulfide) groups is 1. The van der Waals surface area contributed by atoms with E-state index < -0.39 is 23.5 Å². The number of morpholine rings is 1. The van der Waals surface area contributed by atoms with Crippen molar-refractivity contribution < 1.29 is 40.6 Å². The second-order valence-electron chi connectivity index (χ2n) is 10.5. The number of aromatic nitrogens is 4. The van der Waals surface area contributed by atoms with Gasteiger partial charge >= 0.3 is 12.4 Å². The van der Waals surface area contributed by atoms with E-state index in [0.717, 1.165) is 24.9 Å². The van der Waals surface area contributed by atoms with Crippen LogP contribution in [0.15, 0.2) is 41.3 Å². The zero-order valence-corrected chi connectivity index (χ0v) is 25.8. The van der Waals surface area contributed by atoms with E-state index in [1.165, 1.54) is 29.2 Å². The largest absolute Gasteiger partial charge is 0.492 e. The summed E-state index contributed by atoms with van der Waals surface area (Å²) in [6.07, 6.45) is -6.65. The monoisotopic (exact) mass is 686 g/mol. The zero-order valence-electron chi connectivity index (χ0n) is 24.2. The van der Waals surface area contributed by atoms with Crippen LogP contribution in [0.1, 0.15) is 35.4 Å². The van der Waals surface area contributed by atoms with Crippen LogP contribution in [0.25, 0.3) is 17.2 Å². The van der Waals surface area contributed by atoms with Crippen molar-refractivity contribution in [3.8, 4) is 16.9 Å². The molecule has 0 aliphatic carbocycles. The van der Waals surface area contributed by atoms with E-state index in [-0.39, 0.29) is 34.6 Å². The minimum absolute atomic E-state index is 0.0836. The molecule has 3 aromatic rings. The van der Waals surface area contributed by atoms with Gasteiger partial charge in [0.15, 0.2) is 5.82 Å². The Morgan fingerprint density at radius 2 is 1.70 bits per heavy atom. The van der Waals surface area contributed by atoms with E-state index in [4.69, 9.17) is 21.7 Å². The van der Waals surface area contributed by atoms with Crippen LogP contribution >= 0.6 is 24.0 Å². The number of aromatic amines is 1. The lowest BCUT2D eigenvalue weighted by Crippen LogP contribution is -2.38. The van der Waals surface area contributed by atoms with E-state index in [9.17, 15) is 31.1 Å². The number of unbranched alkanes of at least 4 members (excludes halogenated alkanes) is 1. The maximum atomic E-state index is 13.6. The molecule has 0 spiro atoms. The van der Waals surface area contributed by atoms with Gasteiger partial charge in [-0.15, -0.1) is 10.2 Å². The molecule has 2 aliphatic heterocycles. The highest BCUT2D eigenvalue weighted by Crippen LogP contribution is 2.40. The van der Waals surface area contributed by atoms with Gasteiger partial charge in [-0.2, -0.15) is 31.6 Å². The highest BCUT2D eigenvalue weighted by Gasteiger charge is 2.37. The first-order chi connectivity index (χ1) is 21.9. The smallest absolute Gasteiger partial charge is 0.416 e. The van der Waals surface area contributed by atoms with Crippen LogP contribution in [0.2, 0.25) is 0 Å². The number of tetrazole rings is 1. The van der Waals surface area contributed by atoms with Crippen LogP contribution in [0, 0.1) is 0 Å². The number of alkyl halides is 6. The second-order valence-corrected chi connectivity index (χ2v) is 12.1. The summed E-state index contributed by atoms with van der Waals surface area (Å²) in [6.45, 7) is 3.80. The van der Waals surface area contributed by atoms with Crippen LogP contribution in [0.4, 0.5) is 26.3 Å². The molecule has 2 aromatic carbocycles. The summed E-state index contributed by atoms with van der Waals surface area (Å²) in [5, 5.41) is 13.7. The number of amides is 1. The second kappa shape index (κ2) is 14.5. The minimum atomic E-state index is -5.00. The SMILES string of the molecule is O=C1C(=Cc2cc(-c3cc(C(F)(F)F)cc(C(F)(F)F)c3)ccc2OCCN2CCOCC2)SC(=S)N1CCCCc1nn[nH]n1. The van der Waals surface area contributed by atoms with Gasteiger partial charge < -0.3 is 9.47 Å². The van der Waals surface area contributed by atoms with E-state index in [2.05, 4.69) is 25.5 Å². The van der Waals surface area contributed by atoms with E-state index in [1.807, 2.05) is 0 Å². The molecule has 2 saturated heterocycles. The molecule has 1 aromatic heterocycles. The number of rotatable bonds is 11. The van der Waals surface area contributed by atoms with Gasteiger partial charge in [0.1, 0.15) is 16.7 Å². The van der Waals surface area contributed by atoms with Gasteiger partial charge in [0.05, 0.1) is 29.2 Å². The number of carbonyl (C=O) groups is 1. The fourth-order valence-electron chi connectivity index (χ4n) is 4.88. The Bertz CT molecular complexity index is 1540. The quantitative estimate of drug-likeness (QED) is 0.116. The lowest BCUT2D eigenvalue weighted by molar-refractivity contribution is -0.143. The third-order valence-electron chi connectivity index (χ3n) is 7.28. The Balaban J connectivity index is 1.42. The van der Waals surface area contributed by atoms with Crippen molar-refractivity contribution in [1.29, 1.82) is 0 Å². The average molecular weight is 687 g/mol. The van der Waals surface area contributed by atoms with Gasteiger partial charge in [-0.25, -0.2) is 0 Å². The summed E-state index contributed by atoms with van der Waals surface area (Å²) in [5.74, 6) is 0.498. The molecule has 1 N–H and O–H groups in total. The number of carbonyl (C=O) groups excluding carboxylic acids is 1. The van der Waals surface area contributed by atoms with Crippen molar-refractivity contribution in [1.82, 2.24) is 30.4 Å². The molecule has 0 radical (unpaired) electrons. The van der Waals surface area contributed by atoms with Crippen LogP contribution in [0.5, 0.6) is 5.75 Å².